The van der Waals surface area contributed by atoms with Crippen LogP contribution in [0.1, 0.15) is 0 Å². The van der Waals surface area contributed by atoms with Crippen molar-refractivity contribution in [3.63, 3.8) is 0 Å². The van der Waals surface area contributed by atoms with Crippen molar-refractivity contribution in [2.75, 3.05) is 4.90 Å². The molecule has 11 rings (SSSR count). The normalized spacial score (nSPS) is 11.6. The lowest BCUT2D eigenvalue weighted by atomic mass is 9.99. The molecule has 0 atom stereocenters. The SMILES string of the molecule is c1ccc(-c2ccc(N(c3ccc(-c4ccc5oc6c(-c7ccccc7)cccc6c5c4)cc3)c3cccc4sc5c6ccccc6ccc5c34)cc2)cc1. The van der Waals surface area contributed by atoms with Crippen LogP contribution in [-0.4, -0.2) is 0 Å². The molecule has 0 radical (unpaired) electrons. The molecule has 2 heterocycles. The third-order valence-corrected chi connectivity index (χ3v) is 12.1. The van der Waals surface area contributed by atoms with Gasteiger partial charge in [0.25, 0.3) is 0 Å². The zero-order valence-corrected chi connectivity index (χ0v) is 30.6. The topological polar surface area (TPSA) is 16.4 Å². The van der Waals surface area contributed by atoms with Gasteiger partial charge in [0.2, 0.25) is 0 Å². The molecule has 0 amide bonds. The Morgan fingerprint density at radius 3 is 1.78 bits per heavy atom. The lowest BCUT2D eigenvalue weighted by Gasteiger charge is -2.27. The summed E-state index contributed by atoms with van der Waals surface area (Å²) in [6.07, 6.45) is 0. The zero-order chi connectivity index (χ0) is 36.3. The maximum Gasteiger partial charge on any atom is 0.143 e. The second-order valence-corrected chi connectivity index (χ2v) is 15.1. The smallest absolute Gasteiger partial charge is 0.143 e. The quantitative estimate of drug-likeness (QED) is 0.170. The van der Waals surface area contributed by atoms with E-state index in [1.807, 2.05) is 17.4 Å². The van der Waals surface area contributed by atoms with E-state index in [9.17, 15) is 0 Å². The van der Waals surface area contributed by atoms with Crippen LogP contribution >= 0.6 is 11.3 Å². The summed E-state index contributed by atoms with van der Waals surface area (Å²) in [6, 6.07) is 72.0. The Balaban J connectivity index is 1.04. The van der Waals surface area contributed by atoms with Crippen molar-refractivity contribution in [3.05, 3.63) is 200 Å². The fraction of sp³-hybridized carbons (Fsp3) is 0. The molecule has 0 N–H and O–H groups in total. The van der Waals surface area contributed by atoms with Crippen LogP contribution in [0.15, 0.2) is 205 Å². The van der Waals surface area contributed by atoms with Crippen LogP contribution in [0.25, 0.3) is 86.3 Å². The molecule has 9 aromatic carbocycles. The first-order valence-electron chi connectivity index (χ1n) is 18.7. The molecule has 0 bridgehead atoms. The number of furan rings is 1. The summed E-state index contributed by atoms with van der Waals surface area (Å²) in [5.74, 6) is 0. The number of benzene rings is 9. The Morgan fingerprint density at radius 1 is 0.400 bits per heavy atom. The van der Waals surface area contributed by atoms with Crippen LogP contribution in [0.5, 0.6) is 0 Å². The summed E-state index contributed by atoms with van der Waals surface area (Å²) in [5.41, 5.74) is 12.2. The van der Waals surface area contributed by atoms with E-state index in [0.29, 0.717) is 0 Å². The predicted molar refractivity (Wildman–Crippen MR) is 235 cm³/mol. The number of rotatable bonds is 6. The minimum atomic E-state index is 0.896. The fourth-order valence-corrected chi connectivity index (χ4v) is 9.47. The monoisotopic (exact) mass is 719 g/mol. The molecule has 11 aromatic rings. The van der Waals surface area contributed by atoms with Crippen molar-refractivity contribution < 1.29 is 4.42 Å². The minimum absolute atomic E-state index is 0.896. The van der Waals surface area contributed by atoms with Crippen LogP contribution in [0.3, 0.4) is 0 Å². The van der Waals surface area contributed by atoms with Crippen LogP contribution in [0.2, 0.25) is 0 Å². The fourth-order valence-electron chi connectivity index (χ4n) is 8.21. The molecule has 2 nitrogen and oxygen atoms in total. The van der Waals surface area contributed by atoms with E-state index in [1.54, 1.807) is 0 Å². The van der Waals surface area contributed by atoms with E-state index in [1.165, 1.54) is 47.8 Å². The highest BCUT2D eigenvalue weighted by Gasteiger charge is 2.20. The van der Waals surface area contributed by atoms with Crippen LogP contribution in [0, 0.1) is 0 Å². The van der Waals surface area contributed by atoms with Gasteiger partial charge in [0.1, 0.15) is 11.2 Å². The Bertz CT molecular complexity index is 3180. The van der Waals surface area contributed by atoms with Crippen molar-refractivity contribution in [2.24, 2.45) is 0 Å². The van der Waals surface area contributed by atoms with Crippen LogP contribution < -0.4 is 4.90 Å². The average molecular weight is 720 g/mol. The van der Waals surface area contributed by atoms with Gasteiger partial charge in [-0.15, -0.1) is 11.3 Å². The molecular weight excluding hydrogens is 687 g/mol. The highest BCUT2D eigenvalue weighted by atomic mass is 32.1. The summed E-state index contributed by atoms with van der Waals surface area (Å²) >= 11 is 1.88. The number of nitrogens with zero attached hydrogens (tertiary/aromatic N) is 1. The van der Waals surface area contributed by atoms with Gasteiger partial charge in [0.05, 0.1) is 5.69 Å². The lowest BCUT2D eigenvalue weighted by molar-refractivity contribution is 0.670. The summed E-state index contributed by atoms with van der Waals surface area (Å²) in [6.45, 7) is 0. The number of para-hydroxylation sites is 1. The molecule has 0 aliphatic carbocycles. The van der Waals surface area contributed by atoms with E-state index < -0.39 is 0 Å². The van der Waals surface area contributed by atoms with Gasteiger partial charge in [0.15, 0.2) is 0 Å². The molecule has 0 unspecified atom stereocenters. The highest BCUT2D eigenvalue weighted by Crippen LogP contribution is 2.47. The van der Waals surface area contributed by atoms with E-state index in [0.717, 1.165) is 55.6 Å². The maximum absolute atomic E-state index is 6.49. The molecule has 258 valence electrons. The Labute approximate surface area is 322 Å². The molecule has 0 saturated carbocycles. The Morgan fingerprint density at radius 2 is 1.02 bits per heavy atom. The summed E-state index contributed by atoms with van der Waals surface area (Å²) < 4.78 is 9.10. The first-order chi connectivity index (χ1) is 27.3. The highest BCUT2D eigenvalue weighted by molar-refractivity contribution is 7.26. The second-order valence-electron chi connectivity index (χ2n) is 14.1. The van der Waals surface area contributed by atoms with Crippen LogP contribution in [0.4, 0.5) is 17.1 Å². The molecule has 0 saturated heterocycles. The standard InChI is InChI=1S/C52H33NOS/c1-3-11-34(12-4-1)35-21-27-40(28-22-35)53(47-19-10-20-49-50(47)45-31-25-38-15-7-8-16-43(38)52(45)55-49)41-29-23-36(24-30-41)39-26-32-48-46(33-39)44-18-9-17-42(51(44)54-48)37-13-5-2-6-14-37/h1-33H. The molecular formula is C52H33NOS. The van der Waals surface area contributed by atoms with Crippen LogP contribution in [-0.2, 0) is 0 Å². The third-order valence-electron chi connectivity index (χ3n) is 10.9. The van der Waals surface area contributed by atoms with Gasteiger partial charge in [-0.2, -0.15) is 0 Å². The Kier molecular flexibility index (Phi) is 7.39. The molecule has 0 aliphatic rings. The third kappa shape index (κ3) is 5.32. The first-order valence-corrected chi connectivity index (χ1v) is 19.5. The van der Waals surface area contributed by atoms with Gasteiger partial charge in [-0.3, -0.25) is 0 Å². The van der Waals surface area contributed by atoms with E-state index in [4.69, 9.17) is 4.42 Å². The maximum atomic E-state index is 6.49. The van der Waals surface area contributed by atoms with Gasteiger partial charge in [0, 0.05) is 47.9 Å². The van der Waals surface area contributed by atoms with E-state index in [-0.39, 0.29) is 0 Å². The van der Waals surface area contributed by atoms with Crippen molar-refractivity contribution in [1.29, 1.82) is 0 Å². The van der Waals surface area contributed by atoms with E-state index in [2.05, 4.69) is 199 Å². The number of hydrogen-bond donors (Lipinski definition) is 0. The van der Waals surface area contributed by atoms with E-state index >= 15 is 0 Å². The van der Waals surface area contributed by atoms with Gasteiger partial charge < -0.3 is 9.32 Å². The van der Waals surface area contributed by atoms with Crippen molar-refractivity contribution in [3.8, 4) is 33.4 Å². The minimum Gasteiger partial charge on any atom is -0.455 e. The number of anilines is 3. The molecule has 3 heteroatoms. The summed E-state index contributed by atoms with van der Waals surface area (Å²) in [5, 5.41) is 7.38. The molecule has 0 fully saturated rings. The molecule has 0 spiro atoms. The molecule has 0 aliphatic heterocycles. The van der Waals surface area contributed by atoms with Crippen molar-refractivity contribution in [2.45, 2.75) is 0 Å². The molecule has 2 aromatic heterocycles. The predicted octanol–water partition coefficient (Wildman–Crippen LogP) is 15.6. The summed E-state index contributed by atoms with van der Waals surface area (Å²) in [7, 11) is 0. The Hall–Kier alpha value is -6.94. The van der Waals surface area contributed by atoms with Crippen molar-refractivity contribution in [1.82, 2.24) is 0 Å². The van der Waals surface area contributed by atoms with Gasteiger partial charge in [-0.25, -0.2) is 0 Å². The number of hydrogen-bond acceptors (Lipinski definition) is 3. The number of thiophene rings is 1. The van der Waals surface area contributed by atoms with Gasteiger partial charge in [-0.05, 0) is 87.1 Å². The largest absolute Gasteiger partial charge is 0.455 e. The molecule has 55 heavy (non-hydrogen) atoms. The lowest BCUT2D eigenvalue weighted by Crippen LogP contribution is -2.10. The summed E-state index contributed by atoms with van der Waals surface area (Å²) in [4.78, 5) is 2.42. The van der Waals surface area contributed by atoms with Crippen molar-refractivity contribution >= 4 is 81.3 Å². The van der Waals surface area contributed by atoms with Gasteiger partial charge in [-0.1, -0.05) is 152 Å². The zero-order valence-electron chi connectivity index (χ0n) is 29.8. The first kappa shape index (κ1) is 31.6. The number of fused-ring (bicyclic) bond motifs is 8. The van der Waals surface area contributed by atoms with Gasteiger partial charge >= 0.3 is 0 Å². The average Bonchev–Trinajstić information content (AvgIpc) is 3.84. The second kappa shape index (κ2) is 12.9.